The van der Waals surface area contributed by atoms with E-state index in [4.69, 9.17) is 9.88 Å². The first-order valence-corrected chi connectivity index (χ1v) is 19.5. The number of fused-ring (bicyclic) bond motifs is 2. The number of benzene rings is 2. The number of methoxy groups -OCH3 is 1. The van der Waals surface area contributed by atoms with E-state index in [1.807, 2.05) is 6.07 Å². The van der Waals surface area contributed by atoms with Gasteiger partial charge in [0, 0.05) is 15.6 Å². The van der Waals surface area contributed by atoms with Crippen molar-refractivity contribution in [2.24, 2.45) is 17.0 Å². The SMILES string of the molecule is COc1ccc2cc(C(O)C3CCCCCC3)sc2c1.NS(=O)(=O)Oc1ccc2c(c1)S(=O)(=O)C(C(O)C1CCCCCC1)=C2. The second-order valence-corrected chi connectivity index (χ2v) is 16.5. The third kappa shape index (κ3) is 8.28. The normalized spacial score (nSPS) is 20.6. The molecule has 246 valence electrons. The lowest BCUT2D eigenvalue weighted by molar-refractivity contribution is 0.102. The van der Waals surface area contributed by atoms with Crippen LogP contribution < -0.4 is 14.1 Å². The van der Waals surface area contributed by atoms with Crippen LogP contribution in [0.3, 0.4) is 0 Å². The number of nitrogens with two attached hydrogens (primary N) is 1. The fourth-order valence-corrected chi connectivity index (χ4v) is 9.98. The Bertz CT molecular complexity index is 1720. The van der Waals surface area contributed by atoms with Crippen molar-refractivity contribution in [3.05, 3.63) is 57.8 Å². The summed E-state index contributed by atoms with van der Waals surface area (Å²) < 4.78 is 58.7. The summed E-state index contributed by atoms with van der Waals surface area (Å²) in [6, 6.07) is 12.2. The van der Waals surface area contributed by atoms with E-state index in [0.29, 0.717) is 11.5 Å². The molecule has 6 rings (SSSR count). The Morgan fingerprint density at radius 2 is 1.40 bits per heavy atom. The van der Waals surface area contributed by atoms with Gasteiger partial charge in [0.1, 0.15) is 11.5 Å². The van der Waals surface area contributed by atoms with Crippen LogP contribution in [0.5, 0.6) is 11.5 Å². The van der Waals surface area contributed by atoms with Crippen molar-refractivity contribution in [2.45, 2.75) is 94.2 Å². The Balaban J connectivity index is 0.000000182. The van der Waals surface area contributed by atoms with Crippen molar-refractivity contribution in [1.29, 1.82) is 0 Å². The highest BCUT2D eigenvalue weighted by atomic mass is 32.2. The molecule has 12 heteroatoms. The molecule has 0 spiro atoms. The van der Waals surface area contributed by atoms with Crippen LogP contribution in [0, 0.1) is 11.8 Å². The summed E-state index contributed by atoms with van der Waals surface area (Å²) >= 11 is 1.71. The van der Waals surface area contributed by atoms with E-state index >= 15 is 0 Å². The topological polar surface area (TPSA) is 153 Å². The first kappa shape index (κ1) is 33.9. The van der Waals surface area contributed by atoms with E-state index in [9.17, 15) is 27.0 Å². The Labute approximate surface area is 270 Å². The summed E-state index contributed by atoms with van der Waals surface area (Å²) in [5.74, 6) is 1.06. The maximum absolute atomic E-state index is 12.8. The van der Waals surface area contributed by atoms with Crippen molar-refractivity contribution < 1.29 is 36.0 Å². The van der Waals surface area contributed by atoms with Gasteiger partial charge < -0.3 is 19.1 Å². The van der Waals surface area contributed by atoms with Gasteiger partial charge in [0.05, 0.1) is 29.1 Å². The Morgan fingerprint density at radius 1 is 0.822 bits per heavy atom. The van der Waals surface area contributed by atoms with E-state index in [2.05, 4.69) is 22.4 Å². The highest BCUT2D eigenvalue weighted by Gasteiger charge is 2.38. The van der Waals surface area contributed by atoms with Gasteiger partial charge in [0.2, 0.25) is 9.84 Å². The molecule has 2 heterocycles. The first-order valence-electron chi connectivity index (χ1n) is 15.7. The van der Waals surface area contributed by atoms with Crippen LogP contribution in [0.25, 0.3) is 16.2 Å². The van der Waals surface area contributed by atoms with Gasteiger partial charge >= 0.3 is 10.3 Å². The molecule has 2 saturated carbocycles. The van der Waals surface area contributed by atoms with Gasteiger partial charge in [-0.1, -0.05) is 51.4 Å². The van der Waals surface area contributed by atoms with Crippen molar-refractivity contribution >= 4 is 47.6 Å². The lowest BCUT2D eigenvalue weighted by atomic mass is 9.93. The molecule has 0 radical (unpaired) electrons. The number of thiophene rings is 1. The number of hydrogen-bond donors (Lipinski definition) is 3. The molecule has 1 aliphatic heterocycles. The van der Waals surface area contributed by atoms with E-state index in [1.54, 1.807) is 18.4 Å². The van der Waals surface area contributed by atoms with E-state index in [0.717, 1.165) is 55.2 Å². The minimum absolute atomic E-state index is 0.0258. The molecule has 2 aliphatic carbocycles. The fraction of sp³-hybridized carbons (Fsp3) is 0.515. The quantitative estimate of drug-likeness (QED) is 0.235. The molecule has 1 aromatic heterocycles. The lowest BCUT2D eigenvalue weighted by Crippen LogP contribution is -2.25. The van der Waals surface area contributed by atoms with Crippen molar-refractivity contribution in [3.63, 3.8) is 0 Å². The zero-order valence-corrected chi connectivity index (χ0v) is 28.0. The summed E-state index contributed by atoms with van der Waals surface area (Å²) in [5.41, 5.74) is 0.407. The van der Waals surface area contributed by atoms with E-state index < -0.39 is 26.2 Å². The largest absolute Gasteiger partial charge is 0.497 e. The molecule has 0 bridgehead atoms. The number of ether oxygens (including phenoxy) is 1. The predicted molar refractivity (Wildman–Crippen MR) is 177 cm³/mol. The summed E-state index contributed by atoms with van der Waals surface area (Å²) in [7, 11) is -6.44. The predicted octanol–water partition coefficient (Wildman–Crippen LogP) is 6.64. The van der Waals surface area contributed by atoms with Crippen LogP contribution in [0.15, 0.2) is 52.3 Å². The summed E-state index contributed by atoms with van der Waals surface area (Å²) in [4.78, 5) is 1.01. The van der Waals surface area contributed by atoms with Crippen molar-refractivity contribution in [2.75, 3.05) is 7.11 Å². The maximum atomic E-state index is 12.8. The molecule has 2 atom stereocenters. The molecule has 2 unspecified atom stereocenters. The zero-order valence-electron chi connectivity index (χ0n) is 25.6. The number of rotatable bonds is 7. The number of sulfone groups is 1. The summed E-state index contributed by atoms with van der Waals surface area (Å²) in [5, 5.41) is 27.4. The van der Waals surface area contributed by atoms with E-state index in [1.165, 1.54) is 66.8 Å². The summed E-state index contributed by atoms with van der Waals surface area (Å²) in [6.07, 6.45) is 13.4. The van der Waals surface area contributed by atoms with Crippen LogP contribution in [0.4, 0.5) is 0 Å². The van der Waals surface area contributed by atoms with Crippen molar-refractivity contribution in [1.82, 2.24) is 0 Å². The second kappa shape index (κ2) is 14.5. The highest BCUT2D eigenvalue weighted by molar-refractivity contribution is 7.96. The number of hydrogen-bond acceptors (Lipinski definition) is 9. The maximum Gasteiger partial charge on any atom is 0.380 e. The van der Waals surface area contributed by atoms with Crippen LogP contribution >= 0.6 is 11.3 Å². The zero-order chi connectivity index (χ0) is 32.2. The Kier molecular flexibility index (Phi) is 10.9. The van der Waals surface area contributed by atoms with Gasteiger partial charge in [0.25, 0.3) is 0 Å². The van der Waals surface area contributed by atoms with E-state index in [-0.39, 0.29) is 27.6 Å². The molecular weight excluding hydrogens is 635 g/mol. The monoisotopic (exact) mass is 677 g/mol. The minimum Gasteiger partial charge on any atom is -0.497 e. The van der Waals surface area contributed by atoms with Gasteiger partial charge in [-0.25, -0.2) is 8.42 Å². The van der Waals surface area contributed by atoms with Gasteiger partial charge in [-0.3, -0.25) is 0 Å². The number of aliphatic hydroxyl groups excluding tert-OH is 2. The minimum atomic E-state index is -4.24. The van der Waals surface area contributed by atoms with Gasteiger partial charge in [-0.15, -0.1) is 11.3 Å². The van der Waals surface area contributed by atoms with Crippen LogP contribution in [0.2, 0.25) is 0 Å². The molecule has 9 nitrogen and oxygen atoms in total. The molecule has 0 amide bonds. The highest BCUT2D eigenvalue weighted by Crippen LogP contribution is 2.41. The summed E-state index contributed by atoms with van der Waals surface area (Å²) in [6.45, 7) is 0. The van der Waals surface area contributed by atoms with Crippen molar-refractivity contribution in [3.8, 4) is 11.5 Å². The average Bonchev–Trinajstić information content (AvgIpc) is 3.24. The Hall–Kier alpha value is -2.48. The average molecular weight is 678 g/mol. The molecule has 3 aromatic rings. The molecule has 45 heavy (non-hydrogen) atoms. The van der Waals surface area contributed by atoms with Gasteiger partial charge in [-0.2, -0.15) is 13.6 Å². The molecular formula is C33H43NO8S3. The first-order chi connectivity index (χ1) is 21.5. The van der Waals surface area contributed by atoms with Crippen LogP contribution in [0.1, 0.15) is 93.6 Å². The third-order valence-electron chi connectivity index (χ3n) is 9.12. The molecule has 2 fully saturated rings. The smallest absolute Gasteiger partial charge is 0.380 e. The van der Waals surface area contributed by atoms with Crippen LogP contribution in [-0.4, -0.2) is 40.3 Å². The third-order valence-corrected chi connectivity index (χ3v) is 12.6. The molecule has 0 saturated heterocycles. The second-order valence-electron chi connectivity index (χ2n) is 12.3. The molecule has 4 N–H and O–H groups in total. The van der Waals surface area contributed by atoms with Gasteiger partial charge in [-0.05, 0) is 90.9 Å². The van der Waals surface area contributed by atoms with Gasteiger partial charge in [0.15, 0.2) is 0 Å². The molecule has 2 aromatic carbocycles. The van der Waals surface area contributed by atoms with Crippen LogP contribution in [-0.2, 0) is 20.1 Å². The Morgan fingerprint density at radius 3 is 1.98 bits per heavy atom. The number of aliphatic hydroxyl groups is 2. The fourth-order valence-electron chi connectivity index (χ4n) is 6.68. The lowest BCUT2D eigenvalue weighted by Gasteiger charge is -2.22. The molecule has 3 aliphatic rings. The standard InChI is InChI=1S/C17H22O2S.C16H21NO6S2/c1-19-14-9-8-13-10-16(20-15(13)11-14)17(18)12-6-4-2-3-5-7-12;17-25(21,22)23-13-8-7-12-9-15(24(19,20)14(12)10-13)16(18)11-5-3-1-2-4-6-11/h8-12,17-18H,2-7H2,1H3;7-11,16,18H,1-6H2,(H2,17,21,22).